The van der Waals surface area contributed by atoms with Gasteiger partial charge in [0.25, 0.3) is 0 Å². The topological polar surface area (TPSA) is 50.2 Å². The molecule has 5 heteroatoms. The Labute approximate surface area is 104 Å². The second-order valence-corrected chi connectivity index (χ2v) is 5.47. The first-order valence-corrected chi connectivity index (χ1v) is 7.11. The molecule has 0 bridgehead atoms. The first-order chi connectivity index (χ1) is 7.67. The summed E-state index contributed by atoms with van der Waals surface area (Å²) >= 11 is 3.41. The Morgan fingerprint density at radius 2 is 2.31 bits per heavy atom. The van der Waals surface area contributed by atoms with Gasteiger partial charge in [-0.25, -0.2) is 9.78 Å². The maximum atomic E-state index is 10.4. The van der Waals surface area contributed by atoms with E-state index in [1.54, 1.807) is 17.4 Å². The number of thiazole rings is 1. The quantitative estimate of drug-likeness (QED) is 0.796. The zero-order chi connectivity index (χ0) is 12.0. The van der Waals surface area contributed by atoms with Gasteiger partial charge < -0.3 is 5.11 Å². The molecule has 1 rings (SSSR count). The molecule has 0 aliphatic rings. The highest BCUT2D eigenvalue weighted by atomic mass is 32.2. The average molecular weight is 257 g/mol. The largest absolute Gasteiger partial charge is 0.478 e. The normalized spacial score (nSPS) is 11.1. The van der Waals surface area contributed by atoms with E-state index in [4.69, 9.17) is 5.11 Å². The Morgan fingerprint density at radius 3 is 2.88 bits per heavy atom. The van der Waals surface area contributed by atoms with Gasteiger partial charge in [-0.1, -0.05) is 13.8 Å². The van der Waals surface area contributed by atoms with Crippen molar-refractivity contribution >= 4 is 35.1 Å². The summed E-state index contributed by atoms with van der Waals surface area (Å²) in [5, 5.41) is 9.66. The molecule has 0 spiro atoms. The minimum atomic E-state index is -0.917. The van der Waals surface area contributed by atoms with Crippen LogP contribution in [0.15, 0.2) is 6.08 Å². The Kier molecular flexibility index (Phi) is 5.55. The molecule has 0 aliphatic carbocycles. The Balaban J connectivity index is 2.81. The summed E-state index contributed by atoms with van der Waals surface area (Å²) in [5.41, 5.74) is 0.995. The Morgan fingerprint density at radius 1 is 1.56 bits per heavy atom. The van der Waals surface area contributed by atoms with Gasteiger partial charge in [0, 0.05) is 11.8 Å². The zero-order valence-electron chi connectivity index (χ0n) is 9.40. The third kappa shape index (κ3) is 3.98. The van der Waals surface area contributed by atoms with Crippen LogP contribution in [0.25, 0.3) is 6.08 Å². The zero-order valence-corrected chi connectivity index (χ0v) is 11.0. The molecule has 1 N–H and O–H groups in total. The number of nitrogens with zero attached hydrogens (tertiary/aromatic N) is 1. The van der Waals surface area contributed by atoms with E-state index >= 15 is 0 Å². The Hall–Kier alpha value is -0.810. The lowest BCUT2D eigenvalue weighted by Gasteiger charge is -1.91. The number of hydrogen-bond donors (Lipinski definition) is 1. The fourth-order valence-electron chi connectivity index (χ4n) is 1.20. The number of carboxylic acids is 1. The van der Waals surface area contributed by atoms with Crippen LogP contribution in [-0.2, 0) is 17.0 Å². The highest BCUT2D eigenvalue weighted by Crippen LogP contribution is 2.24. The minimum absolute atomic E-state index is 0.840. The SMILES string of the molecule is CCSCc1nc(CC)c(/C=C/C(=O)O)s1. The van der Waals surface area contributed by atoms with Gasteiger partial charge in [0.2, 0.25) is 0 Å². The number of aromatic nitrogens is 1. The average Bonchev–Trinajstić information content (AvgIpc) is 2.66. The van der Waals surface area contributed by atoms with Crippen LogP contribution in [0.5, 0.6) is 0 Å². The molecule has 16 heavy (non-hydrogen) atoms. The summed E-state index contributed by atoms with van der Waals surface area (Å²) in [6, 6.07) is 0. The summed E-state index contributed by atoms with van der Waals surface area (Å²) in [6.45, 7) is 4.15. The number of hydrogen-bond acceptors (Lipinski definition) is 4. The van der Waals surface area contributed by atoms with E-state index in [1.165, 1.54) is 6.08 Å². The van der Waals surface area contributed by atoms with Crippen LogP contribution in [0.4, 0.5) is 0 Å². The fraction of sp³-hybridized carbons (Fsp3) is 0.455. The van der Waals surface area contributed by atoms with Crippen molar-refractivity contribution in [3.8, 4) is 0 Å². The molecule has 3 nitrogen and oxygen atoms in total. The van der Waals surface area contributed by atoms with Crippen LogP contribution in [-0.4, -0.2) is 21.8 Å². The fourth-order valence-corrected chi connectivity index (χ4v) is 2.98. The number of aryl methyl sites for hydroxylation is 1. The van der Waals surface area contributed by atoms with E-state index in [9.17, 15) is 4.79 Å². The number of rotatable bonds is 6. The minimum Gasteiger partial charge on any atom is -0.478 e. The molecule has 0 saturated carbocycles. The monoisotopic (exact) mass is 257 g/mol. The van der Waals surface area contributed by atoms with Gasteiger partial charge in [-0.05, 0) is 18.2 Å². The van der Waals surface area contributed by atoms with Crippen LogP contribution in [0.3, 0.4) is 0 Å². The number of carboxylic acid groups (broad SMARTS) is 1. The van der Waals surface area contributed by atoms with E-state index in [-0.39, 0.29) is 0 Å². The van der Waals surface area contributed by atoms with Crippen molar-refractivity contribution in [1.82, 2.24) is 4.98 Å². The van der Waals surface area contributed by atoms with Gasteiger partial charge >= 0.3 is 5.97 Å². The van der Waals surface area contributed by atoms with Gasteiger partial charge in [-0.2, -0.15) is 11.8 Å². The number of thioether (sulfide) groups is 1. The smallest absolute Gasteiger partial charge is 0.328 e. The number of carbonyl (C=O) groups is 1. The van der Waals surface area contributed by atoms with Crippen molar-refractivity contribution in [2.45, 2.75) is 26.0 Å². The van der Waals surface area contributed by atoms with Crippen molar-refractivity contribution < 1.29 is 9.90 Å². The third-order valence-corrected chi connectivity index (χ3v) is 4.05. The molecule has 0 radical (unpaired) electrons. The van der Waals surface area contributed by atoms with E-state index < -0.39 is 5.97 Å². The molecule has 1 aromatic heterocycles. The molecule has 1 aromatic rings. The molecule has 0 unspecified atom stereocenters. The summed E-state index contributed by atoms with van der Waals surface area (Å²) in [7, 11) is 0. The summed E-state index contributed by atoms with van der Waals surface area (Å²) in [6.07, 6.45) is 3.65. The molecule has 0 aliphatic heterocycles. The predicted molar refractivity (Wildman–Crippen MR) is 70.0 cm³/mol. The molecule has 0 fully saturated rings. The molecule has 0 saturated heterocycles. The van der Waals surface area contributed by atoms with Crippen molar-refractivity contribution in [2.24, 2.45) is 0 Å². The van der Waals surface area contributed by atoms with Gasteiger partial charge in [0.05, 0.1) is 10.6 Å². The second kappa shape index (κ2) is 6.70. The van der Waals surface area contributed by atoms with Crippen LogP contribution in [0, 0.1) is 0 Å². The first kappa shape index (κ1) is 13.3. The summed E-state index contributed by atoms with van der Waals surface area (Å²) in [4.78, 5) is 15.9. The summed E-state index contributed by atoms with van der Waals surface area (Å²) in [5.74, 6) is 1.07. The van der Waals surface area contributed by atoms with Crippen LogP contribution in [0.1, 0.15) is 29.4 Å². The van der Waals surface area contributed by atoms with Gasteiger partial charge in [0.15, 0.2) is 0 Å². The van der Waals surface area contributed by atoms with E-state index in [0.717, 1.165) is 33.5 Å². The van der Waals surface area contributed by atoms with Crippen molar-refractivity contribution in [3.05, 3.63) is 21.7 Å². The second-order valence-electron chi connectivity index (χ2n) is 3.08. The van der Waals surface area contributed by atoms with Crippen molar-refractivity contribution in [1.29, 1.82) is 0 Å². The van der Waals surface area contributed by atoms with Gasteiger partial charge in [-0.15, -0.1) is 11.3 Å². The highest BCUT2D eigenvalue weighted by Gasteiger charge is 2.07. The lowest BCUT2D eigenvalue weighted by molar-refractivity contribution is -0.131. The Bertz CT molecular complexity index is 385. The predicted octanol–water partition coefficient (Wildman–Crippen LogP) is 3.06. The number of aliphatic carboxylic acids is 1. The molecular formula is C11H15NO2S2. The molecule has 0 amide bonds. The maximum Gasteiger partial charge on any atom is 0.328 e. The molecular weight excluding hydrogens is 242 g/mol. The molecule has 0 aromatic carbocycles. The van der Waals surface area contributed by atoms with Crippen LogP contribution >= 0.6 is 23.1 Å². The lowest BCUT2D eigenvalue weighted by atomic mass is 10.3. The van der Waals surface area contributed by atoms with Gasteiger partial charge in [-0.3, -0.25) is 0 Å². The molecule has 88 valence electrons. The van der Waals surface area contributed by atoms with E-state index in [0.29, 0.717) is 0 Å². The standard InChI is InChI=1S/C11H15NO2S2/c1-3-8-9(5-6-11(13)14)16-10(12-8)7-15-4-2/h5-6H,3-4,7H2,1-2H3,(H,13,14)/b6-5+. The van der Waals surface area contributed by atoms with Crippen LogP contribution < -0.4 is 0 Å². The molecule has 0 atom stereocenters. The highest BCUT2D eigenvalue weighted by molar-refractivity contribution is 7.98. The van der Waals surface area contributed by atoms with Gasteiger partial charge in [0.1, 0.15) is 5.01 Å². The van der Waals surface area contributed by atoms with Crippen molar-refractivity contribution in [2.75, 3.05) is 5.75 Å². The van der Waals surface area contributed by atoms with Crippen molar-refractivity contribution in [3.63, 3.8) is 0 Å². The molecule has 1 heterocycles. The summed E-state index contributed by atoms with van der Waals surface area (Å²) < 4.78 is 0. The first-order valence-electron chi connectivity index (χ1n) is 5.14. The van der Waals surface area contributed by atoms with E-state index in [1.807, 2.05) is 18.7 Å². The van der Waals surface area contributed by atoms with E-state index in [2.05, 4.69) is 11.9 Å². The third-order valence-electron chi connectivity index (χ3n) is 1.91. The van der Waals surface area contributed by atoms with Crippen LogP contribution in [0.2, 0.25) is 0 Å². The maximum absolute atomic E-state index is 10.4. The lowest BCUT2D eigenvalue weighted by Crippen LogP contribution is -1.87.